The number of nitrogens with one attached hydrogen (secondary N) is 1. The number of rotatable bonds is 4. The molecule has 0 amide bonds. The molecule has 0 spiro atoms. The van der Waals surface area contributed by atoms with Gasteiger partial charge in [0.25, 0.3) is 0 Å². The molecule has 2 aromatic heterocycles. The smallest absolute Gasteiger partial charge is 0.337 e. The normalized spacial score (nSPS) is 13.9. The van der Waals surface area contributed by atoms with E-state index in [1.54, 1.807) is 13.2 Å². The van der Waals surface area contributed by atoms with Crippen LogP contribution in [0.1, 0.15) is 27.4 Å². The lowest BCUT2D eigenvalue weighted by Gasteiger charge is -2.26. The van der Waals surface area contributed by atoms with E-state index in [4.69, 9.17) is 9.47 Å². The van der Waals surface area contributed by atoms with Crippen molar-refractivity contribution in [2.45, 2.75) is 19.6 Å². The molecule has 0 fully saturated rings. The van der Waals surface area contributed by atoms with Gasteiger partial charge in [-0.15, -0.1) is 0 Å². The standard InChI is InChI=1S/C17H18N4O3S/c1-23-9-15-19-17(25-20-15)21-6-5-14-12(8-21)11-7-10(16(22)24-2)3-4-13(11)18-14/h3-4,7,18H,5-6,8-9H2,1-2H3. The monoisotopic (exact) mass is 358 g/mol. The van der Waals surface area contributed by atoms with Crippen molar-refractivity contribution in [3.63, 3.8) is 0 Å². The molecule has 0 aliphatic carbocycles. The molecule has 0 radical (unpaired) electrons. The topological polar surface area (TPSA) is 80.3 Å². The predicted molar refractivity (Wildman–Crippen MR) is 95.0 cm³/mol. The summed E-state index contributed by atoms with van der Waals surface area (Å²) in [5.41, 5.74) is 4.02. The number of aromatic nitrogens is 3. The zero-order valence-corrected chi connectivity index (χ0v) is 14.9. The summed E-state index contributed by atoms with van der Waals surface area (Å²) in [4.78, 5) is 22.1. The lowest BCUT2D eigenvalue weighted by Crippen LogP contribution is -2.30. The maximum atomic E-state index is 11.8. The molecule has 3 aromatic rings. The number of hydrogen-bond acceptors (Lipinski definition) is 7. The van der Waals surface area contributed by atoms with Gasteiger partial charge in [-0.1, -0.05) is 0 Å². The Morgan fingerprint density at radius 2 is 2.28 bits per heavy atom. The van der Waals surface area contributed by atoms with Gasteiger partial charge in [-0.25, -0.2) is 9.78 Å². The Balaban J connectivity index is 1.67. The van der Waals surface area contributed by atoms with Crippen LogP contribution < -0.4 is 4.90 Å². The lowest BCUT2D eigenvalue weighted by atomic mass is 10.0. The van der Waals surface area contributed by atoms with Gasteiger partial charge in [0, 0.05) is 60.3 Å². The van der Waals surface area contributed by atoms with Gasteiger partial charge in [-0.05, 0) is 18.2 Å². The molecule has 0 bridgehead atoms. The highest BCUT2D eigenvalue weighted by atomic mass is 32.1. The number of carbonyl (C=O) groups excluding carboxylic acids is 1. The van der Waals surface area contributed by atoms with E-state index in [-0.39, 0.29) is 5.97 Å². The molecule has 25 heavy (non-hydrogen) atoms. The molecule has 0 saturated heterocycles. The van der Waals surface area contributed by atoms with Crippen LogP contribution in [0.15, 0.2) is 18.2 Å². The van der Waals surface area contributed by atoms with Crippen LogP contribution in [-0.4, -0.2) is 41.1 Å². The van der Waals surface area contributed by atoms with Crippen LogP contribution in [0.25, 0.3) is 10.9 Å². The first kappa shape index (κ1) is 16.0. The third kappa shape index (κ3) is 2.87. The van der Waals surface area contributed by atoms with Crippen molar-refractivity contribution >= 4 is 33.5 Å². The average molecular weight is 358 g/mol. The van der Waals surface area contributed by atoms with Crippen molar-refractivity contribution in [1.82, 2.24) is 14.3 Å². The van der Waals surface area contributed by atoms with E-state index in [1.165, 1.54) is 29.9 Å². The van der Waals surface area contributed by atoms with E-state index in [9.17, 15) is 4.79 Å². The maximum absolute atomic E-state index is 11.8. The number of ether oxygens (including phenoxy) is 2. The predicted octanol–water partition coefficient (Wildman–Crippen LogP) is 2.52. The summed E-state index contributed by atoms with van der Waals surface area (Å²) in [7, 11) is 3.03. The minimum absolute atomic E-state index is 0.321. The Hall–Kier alpha value is -2.45. The highest BCUT2D eigenvalue weighted by molar-refractivity contribution is 7.09. The molecule has 0 unspecified atom stereocenters. The number of nitrogens with zero attached hydrogens (tertiary/aromatic N) is 3. The lowest BCUT2D eigenvalue weighted by molar-refractivity contribution is 0.0601. The summed E-state index contributed by atoms with van der Waals surface area (Å²) in [5, 5.41) is 1.96. The molecular formula is C17H18N4O3S. The Morgan fingerprint density at radius 3 is 3.08 bits per heavy atom. The minimum Gasteiger partial charge on any atom is -0.465 e. The quantitative estimate of drug-likeness (QED) is 0.722. The summed E-state index contributed by atoms with van der Waals surface area (Å²) in [6, 6.07) is 5.62. The van der Waals surface area contributed by atoms with E-state index < -0.39 is 0 Å². The highest BCUT2D eigenvalue weighted by Crippen LogP contribution is 2.31. The molecule has 0 atom stereocenters. The Bertz CT molecular complexity index is 933. The van der Waals surface area contributed by atoms with Crippen molar-refractivity contribution in [3.8, 4) is 0 Å². The number of H-pyrrole nitrogens is 1. The largest absolute Gasteiger partial charge is 0.465 e. The second-order valence-corrected chi connectivity index (χ2v) is 6.66. The van der Waals surface area contributed by atoms with E-state index >= 15 is 0 Å². The SMILES string of the molecule is COCc1nsc(N2CCc3[nH]c4ccc(C(=O)OC)cc4c3C2)n1. The van der Waals surface area contributed by atoms with Crippen LogP contribution in [-0.2, 0) is 29.0 Å². The second-order valence-electron chi connectivity index (χ2n) is 5.93. The minimum atomic E-state index is -0.321. The van der Waals surface area contributed by atoms with Gasteiger partial charge in [0.1, 0.15) is 6.61 Å². The Labute approximate surface area is 148 Å². The zero-order valence-electron chi connectivity index (χ0n) is 14.0. The van der Waals surface area contributed by atoms with Crippen LogP contribution in [0.4, 0.5) is 5.13 Å². The van der Waals surface area contributed by atoms with E-state index in [2.05, 4.69) is 19.2 Å². The molecule has 1 aromatic carbocycles. The molecule has 4 rings (SSSR count). The number of methoxy groups -OCH3 is 2. The van der Waals surface area contributed by atoms with Crippen molar-refractivity contribution in [3.05, 3.63) is 40.8 Å². The molecule has 7 nitrogen and oxygen atoms in total. The number of esters is 1. The first-order valence-electron chi connectivity index (χ1n) is 7.98. The van der Waals surface area contributed by atoms with Crippen LogP contribution in [0.2, 0.25) is 0 Å². The van der Waals surface area contributed by atoms with Crippen LogP contribution >= 0.6 is 11.5 Å². The highest BCUT2D eigenvalue weighted by Gasteiger charge is 2.23. The summed E-state index contributed by atoms with van der Waals surface area (Å²) in [6.45, 7) is 2.04. The fraction of sp³-hybridized carbons (Fsp3) is 0.353. The number of aromatic amines is 1. The summed E-state index contributed by atoms with van der Waals surface area (Å²) in [6.07, 6.45) is 0.900. The van der Waals surface area contributed by atoms with Gasteiger partial charge in [0.05, 0.1) is 12.7 Å². The molecule has 1 aliphatic heterocycles. The molecule has 8 heteroatoms. The first-order chi connectivity index (χ1) is 12.2. The molecule has 3 heterocycles. The van der Waals surface area contributed by atoms with Crippen molar-refractivity contribution in [2.24, 2.45) is 0 Å². The number of carbonyl (C=O) groups is 1. The maximum Gasteiger partial charge on any atom is 0.337 e. The Kier molecular flexibility index (Phi) is 4.14. The first-order valence-corrected chi connectivity index (χ1v) is 8.75. The van der Waals surface area contributed by atoms with Crippen molar-refractivity contribution < 1.29 is 14.3 Å². The second kappa shape index (κ2) is 6.45. The van der Waals surface area contributed by atoms with Crippen molar-refractivity contribution in [1.29, 1.82) is 0 Å². The Morgan fingerprint density at radius 1 is 1.40 bits per heavy atom. The summed E-state index contributed by atoms with van der Waals surface area (Å²) < 4.78 is 14.3. The summed E-state index contributed by atoms with van der Waals surface area (Å²) >= 11 is 1.39. The molecule has 130 valence electrons. The van der Waals surface area contributed by atoms with E-state index in [0.717, 1.165) is 35.5 Å². The van der Waals surface area contributed by atoms with E-state index in [0.29, 0.717) is 18.0 Å². The molecular weight excluding hydrogens is 340 g/mol. The van der Waals surface area contributed by atoms with E-state index in [1.807, 2.05) is 12.1 Å². The fourth-order valence-electron chi connectivity index (χ4n) is 3.18. The molecule has 1 aliphatic rings. The fourth-order valence-corrected chi connectivity index (χ4v) is 3.88. The zero-order chi connectivity index (χ0) is 17.4. The van der Waals surface area contributed by atoms with Crippen LogP contribution in [0.3, 0.4) is 0 Å². The molecule has 1 N–H and O–H groups in total. The number of anilines is 1. The van der Waals surface area contributed by atoms with Gasteiger partial charge >= 0.3 is 5.97 Å². The average Bonchev–Trinajstić information content (AvgIpc) is 3.24. The third-order valence-electron chi connectivity index (χ3n) is 4.40. The number of fused-ring (bicyclic) bond motifs is 3. The van der Waals surface area contributed by atoms with Gasteiger partial charge in [-0.2, -0.15) is 4.37 Å². The summed E-state index contributed by atoms with van der Waals surface area (Å²) in [5.74, 6) is 0.387. The van der Waals surface area contributed by atoms with Gasteiger partial charge in [0.15, 0.2) is 5.82 Å². The third-order valence-corrected chi connectivity index (χ3v) is 5.21. The number of hydrogen-bond donors (Lipinski definition) is 1. The molecule has 0 saturated carbocycles. The van der Waals surface area contributed by atoms with Crippen LogP contribution in [0, 0.1) is 0 Å². The van der Waals surface area contributed by atoms with Gasteiger partial charge in [-0.3, -0.25) is 0 Å². The van der Waals surface area contributed by atoms with Crippen molar-refractivity contribution in [2.75, 3.05) is 25.7 Å². The van der Waals surface area contributed by atoms with Crippen LogP contribution in [0.5, 0.6) is 0 Å². The number of benzene rings is 1. The van der Waals surface area contributed by atoms with Gasteiger partial charge < -0.3 is 19.4 Å². The van der Waals surface area contributed by atoms with Gasteiger partial charge in [0.2, 0.25) is 5.13 Å².